The first kappa shape index (κ1) is 32.5. The second-order valence-corrected chi connectivity index (χ2v) is 13.4. The molecule has 224 valence electrons. The lowest BCUT2D eigenvalue weighted by Gasteiger charge is -2.29. The van der Waals surface area contributed by atoms with Crippen LogP contribution in [0, 0.1) is 5.41 Å². The maximum atomic E-state index is 12.8. The van der Waals surface area contributed by atoms with Crippen molar-refractivity contribution in [2.45, 2.75) is 33.6 Å². The van der Waals surface area contributed by atoms with Crippen molar-refractivity contribution >= 4 is 50.6 Å². The Morgan fingerprint density at radius 2 is 1.12 bits per heavy atom. The predicted octanol–water partition coefficient (Wildman–Crippen LogP) is 5.07. The van der Waals surface area contributed by atoms with E-state index < -0.39 is 15.9 Å². The van der Waals surface area contributed by atoms with Crippen LogP contribution in [0.3, 0.4) is 0 Å². The molecule has 0 saturated heterocycles. The van der Waals surface area contributed by atoms with E-state index in [1.165, 1.54) is 0 Å². The van der Waals surface area contributed by atoms with Gasteiger partial charge >= 0.3 is 0 Å². The van der Waals surface area contributed by atoms with Crippen LogP contribution in [0.2, 0.25) is 0 Å². The second-order valence-electron chi connectivity index (χ2n) is 11.9. The number of carbonyl (C=O) groups excluding carboxylic acids is 3. The summed E-state index contributed by atoms with van der Waals surface area (Å²) in [4.78, 5) is 37.6. The highest BCUT2D eigenvalue weighted by atomic mass is 32.2. The third kappa shape index (κ3) is 10.4. The Bertz CT molecular complexity index is 1510. The highest BCUT2D eigenvalue weighted by Crippen LogP contribution is 2.23. The van der Waals surface area contributed by atoms with Crippen LogP contribution in [0.15, 0.2) is 72.8 Å². The summed E-state index contributed by atoms with van der Waals surface area (Å²) in [6, 6.07) is 20.3. The number of nitrogens with zero attached hydrogens (tertiary/aromatic N) is 1. The molecule has 11 heteroatoms. The van der Waals surface area contributed by atoms with Crippen LogP contribution in [-0.2, 0) is 14.9 Å². The maximum absolute atomic E-state index is 12.8. The van der Waals surface area contributed by atoms with E-state index in [0.717, 1.165) is 5.69 Å². The van der Waals surface area contributed by atoms with Crippen LogP contribution in [0.4, 0.5) is 22.7 Å². The number of amides is 3. The van der Waals surface area contributed by atoms with Gasteiger partial charge in [0.1, 0.15) is 5.69 Å². The van der Waals surface area contributed by atoms with Gasteiger partial charge in [-0.2, -0.15) is 0 Å². The van der Waals surface area contributed by atoms with E-state index in [2.05, 4.69) is 16.0 Å². The summed E-state index contributed by atoms with van der Waals surface area (Å²) >= 11 is 0. The number of rotatable bonds is 11. The number of hydrogen-bond acceptors (Lipinski definition) is 6. The molecule has 0 heterocycles. The van der Waals surface area contributed by atoms with E-state index in [4.69, 9.17) is 0 Å². The maximum Gasteiger partial charge on any atom is 0.255 e. The first-order valence-corrected chi connectivity index (χ1v) is 15.1. The summed E-state index contributed by atoms with van der Waals surface area (Å²) in [5.41, 5.74) is 3.32. The highest BCUT2D eigenvalue weighted by Gasteiger charge is 2.19. The zero-order valence-electron chi connectivity index (χ0n) is 24.6. The standard InChI is InChI=1S/C31H38N4O6S/c1-31(2,3)21-28(36)32-24-11-7-22(8-12-24)29(37)33-25-13-9-23(10-14-25)30(38)34-26-15-17-27(18-16-26)35(4,5)19-6-20-42(39,40)41/h7-18H,6,19-21H2,1-5H3,(H3-,32,33,34,36,37,38,39,40,41). The van der Waals surface area contributed by atoms with Crippen molar-refractivity contribution in [3.8, 4) is 0 Å². The van der Waals surface area contributed by atoms with E-state index in [1.54, 1.807) is 60.7 Å². The highest BCUT2D eigenvalue weighted by molar-refractivity contribution is 7.85. The molecule has 3 N–H and O–H groups in total. The minimum Gasteiger partial charge on any atom is -0.748 e. The number of benzene rings is 3. The zero-order valence-corrected chi connectivity index (χ0v) is 25.4. The average Bonchev–Trinajstić information content (AvgIpc) is 2.88. The van der Waals surface area contributed by atoms with Gasteiger partial charge in [-0.05, 0) is 66.1 Å². The minimum absolute atomic E-state index is 0.0892. The van der Waals surface area contributed by atoms with Crippen LogP contribution in [0.5, 0.6) is 0 Å². The number of anilines is 3. The van der Waals surface area contributed by atoms with E-state index in [1.807, 2.05) is 47.0 Å². The Morgan fingerprint density at radius 1 is 0.714 bits per heavy atom. The van der Waals surface area contributed by atoms with Gasteiger partial charge in [0.05, 0.1) is 30.8 Å². The van der Waals surface area contributed by atoms with Gasteiger partial charge in [0.15, 0.2) is 0 Å². The predicted molar refractivity (Wildman–Crippen MR) is 166 cm³/mol. The molecule has 0 aliphatic carbocycles. The Balaban J connectivity index is 1.53. The fourth-order valence-electron chi connectivity index (χ4n) is 4.22. The van der Waals surface area contributed by atoms with Crippen molar-refractivity contribution in [3.05, 3.63) is 83.9 Å². The van der Waals surface area contributed by atoms with Gasteiger partial charge in [-0.1, -0.05) is 20.8 Å². The molecule has 0 bridgehead atoms. The van der Waals surface area contributed by atoms with Crippen LogP contribution < -0.4 is 20.4 Å². The Kier molecular flexibility index (Phi) is 10.3. The van der Waals surface area contributed by atoms with Gasteiger partial charge in [-0.25, -0.2) is 8.42 Å². The molecule has 0 saturated carbocycles. The lowest BCUT2D eigenvalue weighted by molar-refractivity contribution is -0.117. The summed E-state index contributed by atoms with van der Waals surface area (Å²) in [7, 11) is -0.423. The zero-order chi connectivity index (χ0) is 31.1. The smallest absolute Gasteiger partial charge is 0.255 e. The fourth-order valence-corrected chi connectivity index (χ4v) is 4.70. The topological polar surface area (TPSA) is 144 Å². The Labute approximate surface area is 247 Å². The summed E-state index contributed by atoms with van der Waals surface area (Å²) in [5, 5.41) is 8.46. The number of quaternary nitrogens is 1. The molecule has 0 aliphatic heterocycles. The first-order valence-electron chi connectivity index (χ1n) is 13.5. The molecule has 0 atom stereocenters. The van der Waals surface area contributed by atoms with Gasteiger partial charge in [-0.3, -0.25) is 18.9 Å². The van der Waals surface area contributed by atoms with Crippen molar-refractivity contribution in [2.24, 2.45) is 5.41 Å². The van der Waals surface area contributed by atoms with E-state index in [-0.39, 0.29) is 29.6 Å². The minimum atomic E-state index is -4.25. The van der Waals surface area contributed by atoms with Crippen LogP contribution in [-0.4, -0.2) is 57.1 Å². The van der Waals surface area contributed by atoms with Crippen molar-refractivity contribution in [2.75, 3.05) is 42.3 Å². The molecular weight excluding hydrogens is 556 g/mol. The van der Waals surface area contributed by atoms with Gasteiger partial charge < -0.3 is 20.5 Å². The molecule has 3 aromatic rings. The Morgan fingerprint density at radius 3 is 1.52 bits per heavy atom. The molecule has 0 radical (unpaired) electrons. The second kappa shape index (κ2) is 13.3. The third-order valence-electron chi connectivity index (χ3n) is 6.46. The quantitative estimate of drug-likeness (QED) is 0.209. The lowest BCUT2D eigenvalue weighted by Crippen LogP contribution is -2.41. The molecule has 0 spiro atoms. The average molecular weight is 595 g/mol. The lowest BCUT2D eigenvalue weighted by atomic mass is 9.92. The van der Waals surface area contributed by atoms with Crippen molar-refractivity contribution in [1.29, 1.82) is 0 Å². The van der Waals surface area contributed by atoms with Crippen molar-refractivity contribution < 1.29 is 27.4 Å². The van der Waals surface area contributed by atoms with Gasteiger partial charge in [-0.15, -0.1) is 0 Å². The molecule has 3 rings (SSSR count). The van der Waals surface area contributed by atoms with E-state index >= 15 is 0 Å². The summed E-state index contributed by atoms with van der Waals surface area (Å²) in [6.07, 6.45) is 0.632. The van der Waals surface area contributed by atoms with Gasteiger partial charge in [0, 0.05) is 58.9 Å². The van der Waals surface area contributed by atoms with Crippen LogP contribution in [0.1, 0.15) is 54.3 Å². The molecule has 0 aliphatic rings. The molecule has 0 aromatic heterocycles. The van der Waals surface area contributed by atoms with Crippen molar-refractivity contribution in [1.82, 2.24) is 4.48 Å². The number of hydrogen-bond donors (Lipinski definition) is 3. The fraction of sp³-hybridized carbons (Fsp3) is 0.323. The van der Waals surface area contributed by atoms with E-state index in [0.29, 0.717) is 45.6 Å². The largest absolute Gasteiger partial charge is 0.748 e. The molecule has 0 unspecified atom stereocenters. The molecule has 3 amide bonds. The van der Waals surface area contributed by atoms with Crippen molar-refractivity contribution in [3.63, 3.8) is 0 Å². The summed E-state index contributed by atoms with van der Waals surface area (Å²) in [5.74, 6) is -1.14. The third-order valence-corrected chi connectivity index (χ3v) is 7.25. The molecule has 0 fully saturated rings. The molecule has 3 aromatic carbocycles. The normalized spacial score (nSPS) is 12.0. The van der Waals surface area contributed by atoms with Gasteiger partial charge in [0.2, 0.25) is 5.91 Å². The monoisotopic (exact) mass is 594 g/mol. The molecule has 42 heavy (non-hydrogen) atoms. The molecular formula is C31H38N4O6S. The number of nitrogens with one attached hydrogen (secondary N) is 3. The van der Waals surface area contributed by atoms with E-state index in [9.17, 15) is 27.4 Å². The molecule has 10 nitrogen and oxygen atoms in total. The van der Waals surface area contributed by atoms with Crippen LogP contribution in [0.25, 0.3) is 0 Å². The van der Waals surface area contributed by atoms with Gasteiger partial charge in [0.25, 0.3) is 11.8 Å². The summed E-state index contributed by atoms with van der Waals surface area (Å²) < 4.78 is 33.0. The first-order chi connectivity index (χ1) is 19.5. The Hall–Kier alpha value is -4.06. The summed E-state index contributed by atoms with van der Waals surface area (Å²) in [6.45, 7) is 6.43. The number of carbonyl (C=O) groups is 3. The SMILES string of the molecule is CC(C)(C)CC(=O)Nc1ccc(C(=O)Nc2ccc(C(=O)Nc3ccc([N+](C)(C)CCCS(=O)(=O)[O-])cc3)cc2)cc1. The van der Waals surface area contributed by atoms with Crippen LogP contribution >= 0.6 is 0 Å².